The summed E-state index contributed by atoms with van der Waals surface area (Å²) < 4.78 is 37.7. The maximum absolute atomic E-state index is 12.6. The number of nitrogens with one attached hydrogen (secondary N) is 1. The first-order valence-corrected chi connectivity index (χ1v) is 6.42. The lowest BCUT2D eigenvalue weighted by atomic mass is 10.0. The largest absolute Gasteiger partial charge is 0.416 e. The third kappa shape index (κ3) is 3.23. The zero-order chi connectivity index (χ0) is 14.8. The number of hydrogen-bond donors (Lipinski definition) is 2. The smallest absolute Gasteiger partial charge is 0.388 e. The van der Waals surface area contributed by atoms with Gasteiger partial charge in [-0.1, -0.05) is 12.8 Å². The van der Waals surface area contributed by atoms with Crippen molar-refractivity contribution in [3.05, 3.63) is 29.3 Å². The molecule has 1 aromatic rings. The molecule has 2 rings (SSSR count). The molecule has 2 N–H and O–H groups in total. The average molecular weight is 284 g/mol. The Morgan fingerprint density at radius 3 is 2.50 bits per heavy atom. The Kier molecular flexibility index (Phi) is 3.91. The molecule has 1 aliphatic carbocycles. The molecule has 0 bridgehead atoms. The highest BCUT2D eigenvalue weighted by Crippen LogP contribution is 2.33. The van der Waals surface area contributed by atoms with Crippen molar-refractivity contribution in [1.29, 1.82) is 5.26 Å². The predicted octanol–water partition coefficient (Wildman–Crippen LogP) is 3.29. The number of nitriles is 1. The number of rotatable bonds is 3. The quantitative estimate of drug-likeness (QED) is 0.895. The molecule has 0 aromatic heterocycles. The first-order chi connectivity index (χ1) is 9.34. The fourth-order valence-corrected chi connectivity index (χ4v) is 2.44. The normalized spacial score (nSPS) is 17.8. The van der Waals surface area contributed by atoms with E-state index in [9.17, 15) is 18.3 Å². The number of halogens is 3. The molecule has 3 nitrogen and oxygen atoms in total. The summed E-state index contributed by atoms with van der Waals surface area (Å²) in [7, 11) is 0. The molecule has 1 saturated carbocycles. The minimum absolute atomic E-state index is 0.0681. The second kappa shape index (κ2) is 5.33. The number of anilines is 1. The topological polar surface area (TPSA) is 56.0 Å². The van der Waals surface area contributed by atoms with E-state index in [4.69, 9.17) is 5.26 Å². The Bertz CT molecular complexity index is 528. The molecule has 20 heavy (non-hydrogen) atoms. The molecule has 0 heterocycles. The summed E-state index contributed by atoms with van der Waals surface area (Å²) >= 11 is 0. The monoisotopic (exact) mass is 284 g/mol. The van der Waals surface area contributed by atoms with Gasteiger partial charge in [0.15, 0.2) is 0 Å². The zero-order valence-corrected chi connectivity index (χ0v) is 10.8. The molecule has 1 aromatic carbocycles. The second-order valence-corrected chi connectivity index (χ2v) is 5.15. The number of alkyl halides is 3. The van der Waals surface area contributed by atoms with Crippen LogP contribution < -0.4 is 5.32 Å². The zero-order valence-electron chi connectivity index (χ0n) is 10.8. The number of aliphatic hydroxyl groups is 1. The standard InChI is InChI=1S/C14H15F3N2O/c15-14(16,17)11-3-4-12(10(7-11)8-18)19-9-13(20)5-1-2-6-13/h3-4,7,19-20H,1-2,5-6,9H2. The molecule has 0 aliphatic heterocycles. The first-order valence-electron chi connectivity index (χ1n) is 6.42. The summed E-state index contributed by atoms with van der Waals surface area (Å²) in [5.74, 6) is 0. The summed E-state index contributed by atoms with van der Waals surface area (Å²) in [5.41, 5.74) is -1.42. The van der Waals surface area contributed by atoms with Gasteiger partial charge in [-0.15, -0.1) is 0 Å². The van der Waals surface area contributed by atoms with Gasteiger partial charge in [0.25, 0.3) is 0 Å². The Balaban J connectivity index is 2.14. The molecule has 0 amide bonds. The van der Waals surface area contributed by atoms with Crippen LogP contribution in [0.2, 0.25) is 0 Å². The van der Waals surface area contributed by atoms with Crippen LogP contribution >= 0.6 is 0 Å². The second-order valence-electron chi connectivity index (χ2n) is 5.15. The summed E-state index contributed by atoms with van der Waals surface area (Å²) in [6.45, 7) is 0.243. The number of benzene rings is 1. The number of nitrogens with zero attached hydrogens (tertiary/aromatic N) is 1. The van der Waals surface area contributed by atoms with E-state index in [1.807, 2.05) is 0 Å². The first kappa shape index (κ1) is 14.7. The molecule has 1 aliphatic rings. The summed E-state index contributed by atoms with van der Waals surface area (Å²) in [5, 5.41) is 22.0. The van der Waals surface area contributed by atoms with Crippen molar-refractivity contribution in [3.63, 3.8) is 0 Å². The Hall–Kier alpha value is -1.74. The molecule has 0 spiro atoms. The van der Waals surface area contributed by atoms with E-state index in [2.05, 4.69) is 5.32 Å². The Morgan fingerprint density at radius 1 is 1.30 bits per heavy atom. The van der Waals surface area contributed by atoms with Crippen molar-refractivity contribution in [3.8, 4) is 6.07 Å². The van der Waals surface area contributed by atoms with Gasteiger partial charge in [0.1, 0.15) is 6.07 Å². The van der Waals surface area contributed by atoms with E-state index in [0.717, 1.165) is 25.0 Å². The van der Waals surface area contributed by atoms with E-state index in [1.54, 1.807) is 6.07 Å². The lowest BCUT2D eigenvalue weighted by molar-refractivity contribution is -0.137. The highest BCUT2D eigenvalue weighted by molar-refractivity contribution is 5.59. The molecular weight excluding hydrogens is 269 g/mol. The third-order valence-corrected chi connectivity index (χ3v) is 3.61. The van der Waals surface area contributed by atoms with Crippen LogP contribution in [0.5, 0.6) is 0 Å². The van der Waals surface area contributed by atoms with Crippen molar-refractivity contribution < 1.29 is 18.3 Å². The van der Waals surface area contributed by atoms with Gasteiger partial charge in [0.05, 0.1) is 22.4 Å². The summed E-state index contributed by atoms with van der Waals surface area (Å²) in [4.78, 5) is 0. The summed E-state index contributed by atoms with van der Waals surface area (Å²) in [6, 6.07) is 4.74. The predicted molar refractivity (Wildman–Crippen MR) is 68.1 cm³/mol. The maximum atomic E-state index is 12.6. The van der Waals surface area contributed by atoms with Crippen LogP contribution in [0.3, 0.4) is 0 Å². The third-order valence-electron chi connectivity index (χ3n) is 3.61. The van der Waals surface area contributed by atoms with Crippen molar-refractivity contribution in [2.24, 2.45) is 0 Å². The van der Waals surface area contributed by atoms with E-state index < -0.39 is 17.3 Å². The van der Waals surface area contributed by atoms with E-state index in [-0.39, 0.29) is 12.1 Å². The van der Waals surface area contributed by atoms with Crippen LogP contribution in [0.1, 0.15) is 36.8 Å². The van der Waals surface area contributed by atoms with Crippen molar-refractivity contribution in [1.82, 2.24) is 0 Å². The molecule has 0 radical (unpaired) electrons. The fraction of sp³-hybridized carbons (Fsp3) is 0.500. The van der Waals surface area contributed by atoms with Crippen molar-refractivity contribution >= 4 is 5.69 Å². The molecule has 6 heteroatoms. The highest BCUT2D eigenvalue weighted by Gasteiger charge is 2.32. The molecule has 0 unspecified atom stereocenters. The van der Waals surface area contributed by atoms with Crippen molar-refractivity contribution in [2.45, 2.75) is 37.5 Å². The van der Waals surface area contributed by atoms with E-state index >= 15 is 0 Å². The van der Waals surface area contributed by atoms with Crippen molar-refractivity contribution in [2.75, 3.05) is 11.9 Å². The molecule has 108 valence electrons. The van der Waals surface area contributed by atoms with Gasteiger partial charge in [-0.25, -0.2) is 0 Å². The minimum Gasteiger partial charge on any atom is -0.388 e. The Labute approximate surface area is 115 Å². The Morgan fingerprint density at radius 2 is 1.95 bits per heavy atom. The summed E-state index contributed by atoms with van der Waals surface area (Å²) in [6.07, 6.45) is -1.24. The minimum atomic E-state index is -4.46. The van der Waals surface area contributed by atoms with Gasteiger partial charge in [-0.2, -0.15) is 18.4 Å². The molecule has 0 saturated heterocycles. The number of hydrogen-bond acceptors (Lipinski definition) is 3. The van der Waals surface area contributed by atoms with E-state index in [1.165, 1.54) is 6.07 Å². The average Bonchev–Trinajstić information content (AvgIpc) is 2.82. The molecule has 0 atom stereocenters. The van der Waals surface area contributed by atoms with Crippen LogP contribution in [-0.2, 0) is 6.18 Å². The van der Waals surface area contributed by atoms with Crippen LogP contribution in [0, 0.1) is 11.3 Å². The van der Waals surface area contributed by atoms with Gasteiger partial charge < -0.3 is 10.4 Å². The van der Waals surface area contributed by atoms with Gasteiger partial charge in [0, 0.05) is 6.54 Å². The maximum Gasteiger partial charge on any atom is 0.416 e. The van der Waals surface area contributed by atoms with Crippen LogP contribution in [0.25, 0.3) is 0 Å². The highest BCUT2D eigenvalue weighted by atomic mass is 19.4. The molecule has 1 fully saturated rings. The van der Waals surface area contributed by atoms with Gasteiger partial charge in [-0.3, -0.25) is 0 Å². The lowest BCUT2D eigenvalue weighted by Crippen LogP contribution is -2.33. The SMILES string of the molecule is N#Cc1cc(C(F)(F)F)ccc1NCC1(O)CCCC1. The van der Waals surface area contributed by atoms with Gasteiger partial charge in [0.2, 0.25) is 0 Å². The van der Waals surface area contributed by atoms with Crippen LogP contribution in [0.15, 0.2) is 18.2 Å². The van der Waals surface area contributed by atoms with Gasteiger partial charge in [-0.05, 0) is 31.0 Å². The lowest BCUT2D eigenvalue weighted by Gasteiger charge is -2.23. The van der Waals surface area contributed by atoms with Crippen LogP contribution in [-0.4, -0.2) is 17.3 Å². The van der Waals surface area contributed by atoms with Gasteiger partial charge >= 0.3 is 6.18 Å². The van der Waals surface area contributed by atoms with E-state index in [0.29, 0.717) is 18.5 Å². The molecular formula is C14H15F3N2O. The fourth-order valence-electron chi connectivity index (χ4n) is 2.44. The van der Waals surface area contributed by atoms with Crippen LogP contribution in [0.4, 0.5) is 18.9 Å².